The zero-order valence-electron chi connectivity index (χ0n) is 9.05. The molecule has 2 aromatic rings. The van der Waals surface area contributed by atoms with Crippen molar-refractivity contribution in [1.82, 2.24) is 9.97 Å². The summed E-state index contributed by atoms with van der Waals surface area (Å²) in [5.41, 5.74) is 7.53. The van der Waals surface area contributed by atoms with Gasteiger partial charge in [-0.1, -0.05) is 30.3 Å². The van der Waals surface area contributed by atoms with Gasteiger partial charge in [-0.05, 0) is 12.5 Å². The molecule has 0 bridgehead atoms. The lowest BCUT2D eigenvalue weighted by Gasteiger charge is -2.08. The molecule has 16 heavy (non-hydrogen) atoms. The Morgan fingerprint density at radius 1 is 1.19 bits per heavy atom. The van der Waals surface area contributed by atoms with E-state index in [9.17, 15) is 0 Å². The first-order chi connectivity index (χ1) is 7.77. The summed E-state index contributed by atoms with van der Waals surface area (Å²) in [7, 11) is 0. The van der Waals surface area contributed by atoms with Gasteiger partial charge in [-0.3, -0.25) is 0 Å². The summed E-state index contributed by atoms with van der Waals surface area (Å²) in [5.74, 6) is 0.995. The summed E-state index contributed by atoms with van der Waals surface area (Å²) >= 11 is 0. The second-order valence-corrected chi connectivity index (χ2v) is 3.46. The van der Waals surface area contributed by atoms with E-state index in [0.717, 1.165) is 11.1 Å². The first-order valence-electron chi connectivity index (χ1n) is 5.01. The van der Waals surface area contributed by atoms with Crippen molar-refractivity contribution in [3.8, 4) is 5.88 Å². The van der Waals surface area contributed by atoms with Crippen LogP contribution in [0.4, 0.5) is 5.82 Å². The predicted octanol–water partition coefficient (Wildman–Crippen LogP) is 1.95. The Labute approximate surface area is 94.1 Å². The number of hydrogen-bond donors (Lipinski definition) is 1. The summed E-state index contributed by atoms with van der Waals surface area (Å²) in [4.78, 5) is 7.92. The van der Waals surface area contributed by atoms with Crippen LogP contribution in [0.5, 0.6) is 5.88 Å². The van der Waals surface area contributed by atoms with Gasteiger partial charge in [0.2, 0.25) is 5.88 Å². The molecule has 0 amide bonds. The lowest BCUT2D eigenvalue weighted by atomic mass is 10.2. The quantitative estimate of drug-likeness (QED) is 0.850. The Kier molecular flexibility index (Phi) is 3.00. The van der Waals surface area contributed by atoms with Crippen molar-refractivity contribution >= 4 is 5.82 Å². The molecule has 0 unspecified atom stereocenters. The standard InChI is InChI=1S/C12H13N3O/c1-9-11(13)14-8-15-12(9)16-7-10-5-3-2-4-6-10/h2-6,8H,7H2,1H3,(H2,13,14,15). The SMILES string of the molecule is Cc1c(N)ncnc1OCc1ccccc1. The molecular weight excluding hydrogens is 202 g/mol. The summed E-state index contributed by atoms with van der Waals surface area (Å²) in [6.45, 7) is 2.33. The Balaban J connectivity index is 2.08. The van der Waals surface area contributed by atoms with Crippen LogP contribution in [-0.2, 0) is 6.61 Å². The van der Waals surface area contributed by atoms with E-state index in [2.05, 4.69) is 9.97 Å². The largest absolute Gasteiger partial charge is 0.472 e. The molecule has 0 aliphatic carbocycles. The second kappa shape index (κ2) is 4.61. The molecule has 0 fully saturated rings. The fourth-order valence-corrected chi connectivity index (χ4v) is 1.32. The van der Waals surface area contributed by atoms with Gasteiger partial charge >= 0.3 is 0 Å². The van der Waals surface area contributed by atoms with E-state index >= 15 is 0 Å². The van der Waals surface area contributed by atoms with Gasteiger partial charge in [-0.2, -0.15) is 0 Å². The normalized spacial score (nSPS) is 10.1. The summed E-state index contributed by atoms with van der Waals surface area (Å²) in [6.07, 6.45) is 1.41. The van der Waals surface area contributed by atoms with Crippen LogP contribution in [0.3, 0.4) is 0 Å². The van der Waals surface area contributed by atoms with E-state index in [4.69, 9.17) is 10.5 Å². The minimum Gasteiger partial charge on any atom is -0.472 e. The van der Waals surface area contributed by atoms with E-state index in [0.29, 0.717) is 18.3 Å². The van der Waals surface area contributed by atoms with Crippen LogP contribution in [0.1, 0.15) is 11.1 Å². The lowest BCUT2D eigenvalue weighted by Crippen LogP contribution is -2.02. The summed E-state index contributed by atoms with van der Waals surface area (Å²) in [5, 5.41) is 0. The smallest absolute Gasteiger partial charge is 0.221 e. The van der Waals surface area contributed by atoms with Crippen molar-refractivity contribution in [2.45, 2.75) is 13.5 Å². The molecule has 0 aliphatic heterocycles. The number of rotatable bonds is 3. The van der Waals surface area contributed by atoms with Crippen molar-refractivity contribution in [2.75, 3.05) is 5.73 Å². The van der Waals surface area contributed by atoms with Gasteiger partial charge in [0.25, 0.3) is 0 Å². The predicted molar refractivity (Wildman–Crippen MR) is 62.0 cm³/mol. The second-order valence-electron chi connectivity index (χ2n) is 3.46. The number of anilines is 1. The van der Waals surface area contributed by atoms with Gasteiger partial charge in [-0.15, -0.1) is 0 Å². The van der Waals surface area contributed by atoms with Crippen molar-refractivity contribution in [3.05, 3.63) is 47.8 Å². The molecule has 0 saturated carbocycles. The average Bonchev–Trinajstić information content (AvgIpc) is 2.32. The highest BCUT2D eigenvalue weighted by Crippen LogP contribution is 2.18. The maximum Gasteiger partial charge on any atom is 0.221 e. The number of hydrogen-bond acceptors (Lipinski definition) is 4. The number of nitrogens with two attached hydrogens (primary N) is 1. The molecule has 1 aromatic carbocycles. The molecule has 1 heterocycles. The third kappa shape index (κ3) is 2.28. The fourth-order valence-electron chi connectivity index (χ4n) is 1.32. The van der Waals surface area contributed by atoms with E-state index in [1.54, 1.807) is 0 Å². The van der Waals surface area contributed by atoms with Gasteiger partial charge < -0.3 is 10.5 Å². The molecule has 4 heteroatoms. The number of nitrogens with zero attached hydrogens (tertiary/aromatic N) is 2. The van der Waals surface area contributed by atoms with Crippen molar-refractivity contribution < 1.29 is 4.74 Å². The van der Waals surface area contributed by atoms with Crippen molar-refractivity contribution in [2.24, 2.45) is 0 Å². The van der Waals surface area contributed by atoms with Crippen molar-refractivity contribution in [3.63, 3.8) is 0 Å². The molecule has 1 aromatic heterocycles. The molecular formula is C12H13N3O. The van der Waals surface area contributed by atoms with Crippen LogP contribution in [0, 0.1) is 6.92 Å². The number of aromatic nitrogens is 2. The molecule has 0 atom stereocenters. The molecule has 0 aliphatic rings. The van der Waals surface area contributed by atoms with Gasteiger partial charge in [0.15, 0.2) is 0 Å². The summed E-state index contributed by atoms with van der Waals surface area (Å²) < 4.78 is 5.57. The monoisotopic (exact) mass is 215 g/mol. The highest BCUT2D eigenvalue weighted by Gasteiger charge is 2.04. The van der Waals surface area contributed by atoms with Crippen LogP contribution in [0.15, 0.2) is 36.7 Å². The number of nitrogen functional groups attached to an aromatic ring is 1. The Bertz CT molecular complexity index is 471. The zero-order valence-corrected chi connectivity index (χ0v) is 9.05. The molecule has 4 nitrogen and oxygen atoms in total. The topological polar surface area (TPSA) is 61.0 Å². The lowest BCUT2D eigenvalue weighted by molar-refractivity contribution is 0.291. The van der Waals surface area contributed by atoms with Crippen LogP contribution >= 0.6 is 0 Å². The third-order valence-electron chi connectivity index (χ3n) is 2.30. The molecule has 0 saturated heterocycles. The van der Waals surface area contributed by atoms with Crippen LogP contribution in [-0.4, -0.2) is 9.97 Å². The first-order valence-corrected chi connectivity index (χ1v) is 5.01. The zero-order chi connectivity index (χ0) is 11.4. The Hall–Kier alpha value is -2.10. The number of ether oxygens (including phenoxy) is 1. The van der Waals surface area contributed by atoms with Crippen LogP contribution < -0.4 is 10.5 Å². The third-order valence-corrected chi connectivity index (χ3v) is 2.30. The van der Waals surface area contributed by atoms with E-state index in [-0.39, 0.29) is 0 Å². The molecule has 0 spiro atoms. The average molecular weight is 215 g/mol. The van der Waals surface area contributed by atoms with E-state index in [1.165, 1.54) is 6.33 Å². The highest BCUT2D eigenvalue weighted by atomic mass is 16.5. The maximum atomic E-state index is 5.66. The van der Waals surface area contributed by atoms with E-state index < -0.39 is 0 Å². The Morgan fingerprint density at radius 3 is 2.69 bits per heavy atom. The van der Waals surface area contributed by atoms with Crippen LogP contribution in [0.2, 0.25) is 0 Å². The molecule has 82 valence electrons. The fraction of sp³-hybridized carbons (Fsp3) is 0.167. The van der Waals surface area contributed by atoms with E-state index in [1.807, 2.05) is 37.3 Å². The van der Waals surface area contributed by atoms with Gasteiger partial charge in [0, 0.05) is 0 Å². The minimum absolute atomic E-state index is 0.457. The number of benzene rings is 1. The van der Waals surface area contributed by atoms with Gasteiger partial charge in [-0.25, -0.2) is 9.97 Å². The summed E-state index contributed by atoms with van der Waals surface area (Å²) in [6, 6.07) is 9.91. The Morgan fingerprint density at radius 2 is 1.94 bits per heavy atom. The molecule has 2 N–H and O–H groups in total. The van der Waals surface area contributed by atoms with Gasteiger partial charge in [0.05, 0.1) is 5.56 Å². The molecule has 2 rings (SSSR count). The molecule has 0 radical (unpaired) electrons. The van der Waals surface area contributed by atoms with Crippen molar-refractivity contribution in [1.29, 1.82) is 0 Å². The van der Waals surface area contributed by atoms with Gasteiger partial charge in [0.1, 0.15) is 18.8 Å². The van der Waals surface area contributed by atoms with Crippen LogP contribution in [0.25, 0.3) is 0 Å². The first kappa shape index (κ1) is 10.4. The highest BCUT2D eigenvalue weighted by molar-refractivity contribution is 5.43. The minimum atomic E-state index is 0.457. The maximum absolute atomic E-state index is 5.66.